The quantitative estimate of drug-likeness (QED) is 0.868. The summed E-state index contributed by atoms with van der Waals surface area (Å²) in [4.78, 5) is 1.90. The van der Waals surface area contributed by atoms with E-state index in [1.54, 1.807) is 19.1 Å². The molecule has 1 saturated heterocycles. The van der Waals surface area contributed by atoms with Crippen molar-refractivity contribution in [3.05, 3.63) is 29.6 Å². The molecule has 2 atom stereocenters. The van der Waals surface area contributed by atoms with Crippen molar-refractivity contribution >= 4 is 5.69 Å². The van der Waals surface area contributed by atoms with Crippen LogP contribution in [0.1, 0.15) is 37.9 Å². The monoisotopic (exact) mass is 253 g/mol. The molecule has 0 amide bonds. The zero-order valence-corrected chi connectivity index (χ0v) is 10.6. The van der Waals surface area contributed by atoms with E-state index in [-0.39, 0.29) is 18.5 Å². The summed E-state index contributed by atoms with van der Waals surface area (Å²) in [7, 11) is 0. The molecule has 100 valence electrons. The first kappa shape index (κ1) is 13.3. The first-order valence-electron chi connectivity index (χ1n) is 6.49. The van der Waals surface area contributed by atoms with E-state index in [0.29, 0.717) is 11.3 Å². The molecule has 0 radical (unpaired) electrons. The van der Waals surface area contributed by atoms with E-state index in [0.717, 1.165) is 25.8 Å². The fourth-order valence-corrected chi connectivity index (χ4v) is 2.66. The number of rotatable bonds is 3. The van der Waals surface area contributed by atoms with Crippen LogP contribution in [0, 0.1) is 5.82 Å². The Morgan fingerprint density at radius 1 is 1.44 bits per heavy atom. The van der Waals surface area contributed by atoms with Crippen LogP contribution in [0.2, 0.25) is 0 Å². The van der Waals surface area contributed by atoms with Gasteiger partial charge in [-0.3, -0.25) is 0 Å². The first-order chi connectivity index (χ1) is 8.65. The largest absolute Gasteiger partial charge is 0.394 e. The normalized spacial score (nSPS) is 22.0. The lowest BCUT2D eigenvalue weighted by atomic mass is 9.98. The molecule has 0 spiro atoms. The second-order valence-corrected chi connectivity index (χ2v) is 4.88. The fraction of sp³-hybridized carbons (Fsp3) is 0.571. The lowest BCUT2D eigenvalue weighted by molar-refractivity contribution is 0.197. The second kappa shape index (κ2) is 5.67. The summed E-state index contributed by atoms with van der Waals surface area (Å²) < 4.78 is 14.1. The summed E-state index contributed by atoms with van der Waals surface area (Å²) >= 11 is 0. The Morgan fingerprint density at radius 3 is 2.89 bits per heavy atom. The van der Waals surface area contributed by atoms with Crippen LogP contribution in [0.15, 0.2) is 18.2 Å². The summed E-state index contributed by atoms with van der Waals surface area (Å²) in [6.45, 7) is 2.38. The highest BCUT2D eigenvalue weighted by molar-refractivity contribution is 5.57. The molecule has 0 aromatic heterocycles. The van der Waals surface area contributed by atoms with Crippen molar-refractivity contribution in [3.8, 4) is 0 Å². The van der Waals surface area contributed by atoms with Gasteiger partial charge in [-0.15, -0.1) is 0 Å². The number of hydrogen-bond donors (Lipinski definition) is 2. The number of aliphatic hydroxyl groups excluding tert-OH is 2. The Hall–Kier alpha value is -1.13. The van der Waals surface area contributed by atoms with Gasteiger partial charge in [0.25, 0.3) is 0 Å². The van der Waals surface area contributed by atoms with Gasteiger partial charge in [-0.1, -0.05) is 12.1 Å². The van der Waals surface area contributed by atoms with Gasteiger partial charge < -0.3 is 15.1 Å². The number of aliphatic hydroxyl groups is 2. The maximum absolute atomic E-state index is 14.1. The first-order valence-corrected chi connectivity index (χ1v) is 6.49. The van der Waals surface area contributed by atoms with E-state index < -0.39 is 6.10 Å². The van der Waals surface area contributed by atoms with Crippen molar-refractivity contribution in [1.82, 2.24) is 0 Å². The predicted octanol–water partition coefficient (Wildman–Crippen LogP) is 2.23. The van der Waals surface area contributed by atoms with Crippen LogP contribution in [0.5, 0.6) is 0 Å². The minimum atomic E-state index is -0.711. The number of hydrogen-bond acceptors (Lipinski definition) is 3. The molecule has 3 nitrogen and oxygen atoms in total. The summed E-state index contributed by atoms with van der Waals surface area (Å²) in [6.07, 6.45) is 2.20. The van der Waals surface area contributed by atoms with Gasteiger partial charge in [-0.2, -0.15) is 0 Å². The number of piperidine rings is 1. The Balaban J connectivity index is 2.41. The molecule has 1 unspecified atom stereocenters. The van der Waals surface area contributed by atoms with E-state index in [2.05, 4.69) is 0 Å². The highest BCUT2D eigenvalue weighted by atomic mass is 19.1. The number of benzene rings is 1. The summed E-state index contributed by atoms with van der Waals surface area (Å²) in [6, 6.07) is 4.71. The van der Waals surface area contributed by atoms with E-state index in [1.807, 2.05) is 4.90 Å². The summed E-state index contributed by atoms with van der Waals surface area (Å²) in [5.74, 6) is -0.325. The molecule has 1 aliphatic rings. The number of para-hydroxylation sites is 1. The summed E-state index contributed by atoms with van der Waals surface area (Å²) in [5.41, 5.74) is 1.04. The average molecular weight is 253 g/mol. The third-order valence-corrected chi connectivity index (χ3v) is 3.59. The number of halogens is 1. The molecular weight excluding hydrogens is 233 g/mol. The average Bonchev–Trinajstić information content (AvgIpc) is 2.38. The van der Waals surface area contributed by atoms with Crippen LogP contribution < -0.4 is 4.90 Å². The lowest BCUT2D eigenvalue weighted by Gasteiger charge is -2.38. The van der Waals surface area contributed by atoms with Crippen LogP contribution >= 0.6 is 0 Å². The molecular formula is C14H20FNO2. The SMILES string of the molecule is C[C@@H](O)c1cccc(F)c1N1CCCCC1CO. The summed E-state index contributed by atoms with van der Waals surface area (Å²) in [5, 5.41) is 19.2. The topological polar surface area (TPSA) is 43.7 Å². The van der Waals surface area contributed by atoms with Crippen molar-refractivity contribution in [2.24, 2.45) is 0 Å². The Labute approximate surface area is 107 Å². The van der Waals surface area contributed by atoms with Crippen molar-refractivity contribution < 1.29 is 14.6 Å². The third-order valence-electron chi connectivity index (χ3n) is 3.59. The predicted molar refractivity (Wildman–Crippen MR) is 69.1 cm³/mol. The molecule has 18 heavy (non-hydrogen) atoms. The number of nitrogens with zero attached hydrogens (tertiary/aromatic N) is 1. The van der Waals surface area contributed by atoms with E-state index in [4.69, 9.17) is 0 Å². The third kappa shape index (κ3) is 2.49. The molecule has 0 saturated carbocycles. The Kier molecular flexibility index (Phi) is 4.19. The smallest absolute Gasteiger partial charge is 0.146 e. The van der Waals surface area contributed by atoms with Crippen LogP contribution in [0.25, 0.3) is 0 Å². The fourth-order valence-electron chi connectivity index (χ4n) is 2.66. The van der Waals surface area contributed by atoms with Crippen LogP contribution in [0.4, 0.5) is 10.1 Å². The minimum Gasteiger partial charge on any atom is -0.394 e. The second-order valence-electron chi connectivity index (χ2n) is 4.88. The van der Waals surface area contributed by atoms with Crippen molar-refractivity contribution in [2.75, 3.05) is 18.1 Å². The van der Waals surface area contributed by atoms with Gasteiger partial charge in [0.15, 0.2) is 0 Å². The van der Waals surface area contributed by atoms with Gasteiger partial charge in [-0.25, -0.2) is 4.39 Å². The molecule has 0 bridgehead atoms. The molecule has 1 aromatic carbocycles. The molecule has 1 fully saturated rings. The molecule has 0 aliphatic carbocycles. The van der Waals surface area contributed by atoms with Gasteiger partial charge in [0.1, 0.15) is 5.82 Å². The highest BCUT2D eigenvalue weighted by Crippen LogP contribution is 2.33. The molecule has 1 heterocycles. The molecule has 4 heteroatoms. The van der Waals surface area contributed by atoms with Gasteiger partial charge in [0, 0.05) is 12.1 Å². The maximum Gasteiger partial charge on any atom is 0.146 e. The van der Waals surface area contributed by atoms with Crippen LogP contribution in [-0.2, 0) is 0 Å². The van der Waals surface area contributed by atoms with E-state index >= 15 is 0 Å². The number of anilines is 1. The van der Waals surface area contributed by atoms with Gasteiger partial charge in [0.2, 0.25) is 0 Å². The Bertz CT molecular complexity index is 409. The maximum atomic E-state index is 14.1. The van der Waals surface area contributed by atoms with Crippen molar-refractivity contribution in [3.63, 3.8) is 0 Å². The zero-order chi connectivity index (χ0) is 13.1. The molecule has 2 N–H and O–H groups in total. The van der Waals surface area contributed by atoms with Crippen molar-refractivity contribution in [1.29, 1.82) is 0 Å². The van der Waals surface area contributed by atoms with Crippen LogP contribution in [0.3, 0.4) is 0 Å². The highest BCUT2D eigenvalue weighted by Gasteiger charge is 2.27. The zero-order valence-electron chi connectivity index (χ0n) is 10.6. The van der Waals surface area contributed by atoms with Gasteiger partial charge >= 0.3 is 0 Å². The van der Waals surface area contributed by atoms with Gasteiger partial charge in [-0.05, 0) is 32.3 Å². The molecule has 1 aliphatic heterocycles. The minimum absolute atomic E-state index is 0.0214. The Morgan fingerprint density at radius 2 is 2.22 bits per heavy atom. The van der Waals surface area contributed by atoms with E-state index in [9.17, 15) is 14.6 Å². The molecule has 2 rings (SSSR count). The van der Waals surface area contributed by atoms with Gasteiger partial charge in [0.05, 0.1) is 24.4 Å². The molecule has 1 aromatic rings. The van der Waals surface area contributed by atoms with E-state index in [1.165, 1.54) is 6.07 Å². The standard InChI is InChI=1S/C14H20FNO2/c1-10(18)12-6-4-7-13(15)14(12)16-8-3-2-5-11(16)9-17/h4,6-7,10-11,17-18H,2-3,5,8-9H2,1H3/t10-,11?/m1/s1. The lowest BCUT2D eigenvalue weighted by Crippen LogP contribution is -2.43. The van der Waals surface area contributed by atoms with Crippen LogP contribution in [-0.4, -0.2) is 29.4 Å². The van der Waals surface area contributed by atoms with Crippen molar-refractivity contribution in [2.45, 2.75) is 38.3 Å².